The molecule has 7 heteroatoms. The Morgan fingerprint density at radius 3 is 2.62 bits per heavy atom. The van der Waals surface area contributed by atoms with E-state index in [2.05, 4.69) is 15.5 Å². The molecule has 0 aliphatic carbocycles. The van der Waals surface area contributed by atoms with E-state index in [-0.39, 0.29) is 11.7 Å². The van der Waals surface area contributed by atoms with Crippen LogP contribution in [0.25, 0.3) is 0 Å². The molecule has 0 unspecified atom stereocenters. The third kappa shape index (κ3) is 3.51. The number of carbonyl (C=O) groups is 1. The number of hydrogen-bond donors (Lipinski definition) is 1. The molecule has 1 amide bonds. The lowest BCUT2D eigenvalue weighted by molar-refractivity contribution is -0.113. The van der Waals surface area contributed by atoms with Gasteiger partial charge in [-0.2, -0.15) is 0 Å². The fourth-order valence-electron chi connectivity index (χ4n) is 2.33. The minimum atomic E-state index is -0.0607. The molecule has 0 spiro atoms. The van der Waals surface area contributed by atoms with Crippen molar-refractivity contribution in [3.05, 3.63) is 60.2 Å². The maximum absolute atomic E-state index is 12.2. The summed E-state index contributed by atoms with van der Waals surface area (Å²) in [7, 11) is 0. The van der Waals surface area contributed by atoms with E-state index in [0.29, 0.717) is 5.16 Å². The van der Waals surface area contributed by atoms with E-state index in [0.717, 1.165) is 23.5 Å². The predicted molar refractivity (Wildman–Crippen MR) is 95.2 cm³/mol. The molecule has 0 bridgehead atoms. The second-order valence-electron chi connectivity index (χ2n) is 5.28. The Bertz CT molecular complexity index is 825. The van der Waals surface area contributed by atoms with Crippen LogP contribution >= 0.6 is 11.8 Å². The maximum atomic E-state index is 12.2. The number of para-hydroxylation sites is 1. The van der Waals surface area contributed by atoms with Crippen LogP contribution in [0.4, 0.5) is 5.69 Å². The Morgan fingerprint density at radius 2 is 1.92 bits per heavy atom. The molecule has 0 atom stereocenters. The quantitative estimate of drug-likeness (QED) is 0.700. The zero-order chi connectivity index (χ0) is 16.9. The highest BCUT2D eigenvalue weighted by molar-refractivity contribution is 7.99. The van der Waals surface area contributed by atoms with Crippen LogP contribution < -0.4 is 5.32 Å². The molecular formula is C17H19N5OS. The molecule has 2 aromatic heterocycles. The molecule has 24 heavy (non-hydrogen) atoms. The molecular weight excluding hydrogens is 322 g/mol. The van der Waals surface area contributed by atoms with Crippen LogP contribution in [0, 0.1) is 6.92 Å². The molecule has 3 aromatic rings. The van der Waals surface area contributed by atoms with Crippen molar-refractivity contribution in [1.82, 2.24) is 19.5 Å². The lowest BCUT2D eigenvalue weighted by Crippen LogP contribution is -2.16. The zero-order valence-corrected chi connectivity index (χ0v) is 14.5. The van der Waals surface area contributed by atoms with Crippen molar-refractivity contribution < 1.29 is 4.79 Å². The Hall–Kier alpha value is -2.54. The van der Waals surface area contributed by atoms with Gasteiger partial charge in [0.25, 0.3) is 0 Å². The number of carbonyl (C=O) groups excluding carboxylic acids is 1. The molecule has 124 valence electrons. The van der Waals surface area contributed by atoms with Crippen molar-refractivity contribution in [1.29, 1.82) is 0 Å². The second-order valence-corrected chi connectivity index (χ2v) is 6.22. The molecule has 0 aliphatic heterocycles. The van der Waals surface area contributed by atoms with Gasteiger partial charge in [-0.05, 0) is 30.7 Å². The third-order valence-corrected chi connectivity index (χ3v) is 4.48. The monoisotopic (exact) mass is 341 g/mol. The van der Waals surface area contributed by atoms with E-state index < -0.39 is 0 Å². The molecule has 0 radical (unpaired) electrons. The molecule has 2 heterocycles. The van der Waals surface area contributed by atoms with Crippen molar-refractivity contribution >= 4 is 23.4 Å². The third-order valence-electron chi connectivity index (χ3n) is 3.56. The summed E-state index contributed by atoms with van der Waals surface area (Å²) in [4.78, 5) is 12.2. The van der Waals surface area contributed by atoms with Gasteiger partial charge in [-0.1, -0.05) is 36.9 Å². The highest BCUT2D eigenvalue weighted by atomic mass is 32.2. The number of nitrogens with zero attached hydrogens (tertiary/aromatic N) is 4. The van der Waals surface area contributed by atoms with Crippen LogP contribution in [0.15, 0.2) is 53.9 Å². The number of amides is 1. The Kier molecular flexibility index (Phi) is 5.00. The SMILES string of the molecule is CCc1nnc(SCC(=O)Nc2ccccc2C)n1-n1cccc1. The first-order chi connectivity index (χ1) is 11.7. The number of anilines is 1. The van der Waals surface area contributed by atoms with Gasteiger partial charge >= 0.3 is 0 Å². The van der Waals surface area contributed by atoms with Gasteiger partial charge in [0.2, 0.25) is 11.1 Å². The van der Waals surface area contributed by atoms with Gasteiger partial charge in [0, 0.05) is 24.5 Å². The summed E-state index contributed by atoms with van der Waals surface area (Å²) in [5, 5.41) is 12.0. The van der Waals surface area contributed by atoms with Gasteiger partial charge in [0.1, 0.15) is 0 Å². The summed E-state index contributed by atoms with van der Waals surface area (Å²) >= 11 is 1.37. The summed E-state index contributed by atoms with van der Waals surface area (Å²) in [5.74, 6) is 1.07. The molecule has 0 aliphatic rings. The predicted octanol–water partition coefficient (Wildman–Crippen LogP) is 2.99. The first-order valence-electron chi connectivity index (χ1n) is 7.75. The molecule has 3 rings (SSSR count). The van der Waals surface area contributed by atoms with Crippen LogP contribution in [-0.4, -0.2) is 31.2 Å². The van der Waals surface area contributed by atoms with E-state index in [1.165, 1.54) is 11.8 Å². The standard InChI is InChI=1S/C17H19N5OS/c1-3-15-19-20-17(22(15)21-10-6-7-11-21)24-12-16(23)18-14-9-5-4-8-13(14)2/h4-11H,3,12H2,1-2H3,(H,18,23). The van der Waals surface area contributed by atoms with Gasteiger partial charge in [0.15, 0.2) is 5.82 Å². The van der Waals surface area contributed by atoms with Crippen molar-refractivity contribution in [3.8, 4) is 0 Å². The summed E-state index contributed by atoms with van der Waals surface area (Å²) in [6.07, 6.45) is 4.63. The van der Waals surface area contributed by atoms with Crippen molar-refractivity contribution in [3.63, 3.8) is 0 Å². The number of aromatic nitrogens is 4. The molecule has 0 saturated heterocycles. The van der Waals surface area contributed by atoms with E-state index in [1.54, 1.807) is 0 Å². The number of nitrogens with one attached hydrogen (secondary N) is 1. The average molecular weight is 341 g/mol. The molecule has 0 fully saturated rings. The first-order valence-corrected chi connectivity index (χ1v) is 8.73. The highest BCUT2D eigenvalue weighted by Crippen LogP contribution is 2.19. The summed E-state index contributed by atoms with van der Waals surface area (Å²) < 4.78 is 3.84. The van der Waals surface area contributed by atoms with Crippen molar-refractivity contribution in [2.45, 2.75) is 25.4 Å². The summed E-state index contributed by atoms with van der Waals surface area (Å²) in [6, 6.07) is 11.6. The van der Waals surface area contributed by atoms with Crippen LogP contribution in [0.3, 0.4) is 0 Å². The van der Waals surface area contributed by atoms with Gasteiger partial charge < -0.3 is 5.32 Å². The smallest absolute Gasteiger partial charge is 0.234 e. The maximum Gasteiger partial charge on any atom is 0.234 e. The Labute approximate surface area is 144 Å². The number of hydrogen-bond acceptors (Lipinski definition) is 4. The zero-order valence-electron chi connectivity index (χ0n) is 13.6. The fourth-order valence-corrected chi connectivity index (χ4v) is 3.08. The van der Waals surface area contributed by atoms with Gasteiger partial charge in [-0.25, -0.2) is 4.68 Å². The molecule has 1 aromatic carbocycles. The van der Waals surface area contributed by atoms with Crippen LogP contribution in [0.2, 0.25) is 0 Å². The van der Waals surface area contributed by atoms with E-state index in [1.807, 2.05) is 72.0 Å². The van der Waals surface area contributed by atoms with Crippen molar-refractivity contribution in [2.24, 2.45) is 0 Å². The lowest BCUT2D eigenvalue weighted by atomic mass is 10.2. The summed E-state index contributed by atoms with van der Waals surface area (Å²) in [5.41, 5.74) is 1.88. The van der Waals surface area contributed by atoms with Gasteiger partial charge in [-0.15, -0.1) is 10.2 Å². The van der Waals surface area contributed by atoms with Crippen LogP contribution in [-0.2, 0) is 11.2 Å². The van der Waals surface area contributed by atoms with Gasteiger partial charge in [0.05, 0.1) is 5.75 Å². The number of aryl methyl sites for hydroxylation is 2. The van der Waals surface area contributed by atoms with E-state index in [9.17, 15) is 4.79 Å². The van der Waals surface area contributed by atoms with E-state index in [4.69, 9.17) is 0 Å². The number of rotatable bonds is 6. The largest absolute Gasteiger partial charge is 0.325 e. The normalized spacial score (nSPS) is 10.8. The minimum absolute atomic E-state index is 0.0607. The van der Waals surface area contributed by atoms with Crippen LogP contribution in [0.1, 0.15) is 18.3 Å². The topological polar surface area (TPSA) is 64.7 Å². The molecule has 0 saturated carbocycles. The van der Waals surface area contributed by atoms with Crippen LogP contribution in [0.5, 0.6) is 0 Å². The van der Waals surface area contributed by atoms with E-state index >= 15 is 0 Å². The highest BCUT2D eigenvalue weighted by Gasteiger charge is 2.14. The summed E-state index contributed by atoms with van der Waals surface area (Å²) in [6.45, 7) is 4.00. The molecule has 1 N–H and O–H groups in total. The Balaban J connectivity index is 1.70. The van der Waals surface area contributed by atoms with Gasteiger partial charge in [-0.3, -0.25) is 9.47 Å². The van der Waals surface area contributed by atoms with Crippen molar-refractivity contribution in [2.75, 3.05) is 11.1 Å². The average Bonchev–Trinajstić information content (AvgIpc) is 3.23. The molecule has 6 nitrogen and oxygen atoms in total. The minimum Gasteiger partial charge on any atom is -0.325 e. The number of benzene rings is 1. The second kappa shape index (κ2) is 7.35. The Morgan fingerprint density at radius 1 is 1.17 bits per heavy atom. The fraction of sp³-hybridized carbons (Fsp3) is 0.235. The lowest BCUT2D eigenvalue weighted by Gasteiger charge is -2.11. The first kappa shape index (κ1) is 16.3. The number of thioether (sulfide) groups is 1.